The molecule has 1 heterocycles. The largest absolute Gasteiger partial charge is 0.416 e. The maximum Gasteiger partial charge on any atom is 0.416 e. The second kappa shape index (κ2) is 5.74. The third-order valence-electron chi connectivity index (χ3n) is 3.54. The van der Waals surface area contributed by atoms with Crippen LogP contribution in [0.2, 0.25) is 0 Å². The number of halogens is 3. The van der Waals surface area contributed by atoms with Crippen LogP contribution >= 0.6 is 0 Å². The van der Waals surface area contributed by atoms with Gasteiger partial charge in [0.2, 0.25) is 5.91 Å². The van der Waals surface area contributed by atoms with E-state index in [1.54, 1.807) is 6.07 Å². The fourth-order valence-corrected chi connectivity index (χ4v) is 2.32. The number of hydrogen-bond acceptors (Lipinski definition) is 3. The number of anilines is 1. The molecule has 0 radical (unpaired) electrons. The summed E-state index contributed by atoms with van der Waals surface area (Å²) in [6.07, 6.45) is -3.66. The summed E-state index contributed by atoms with van der Waals surface area (Å²) in [6, 6.07) is 3.99. The zero-order chi connectivity index (χ0) is 15.6. The molecule has 0 aliphatic carbocycles. The maximum absolute atomic E-state index is 12.6. The Kier molecular flexibility index (Phi) is 4.19. The summed E-state index contributed by atoms with van der Waals surface area (Å²) in [7, 11) is 0. The molecule has 0 aromatic heterocycles. The molecule has 0 saturated carbocycles. The van der Waals surface area contributed by atoms with Crippen LogP contribution in [0.15, 0.2) is 18.2 Å². The minimum absolute atomic E-state index is 0.0939. The third-order valence-corrected chi connectivity index (χ3v) is 3.54. The highest BCUT2D eigenvalue weighted by atomic mass is 19.4. The van der Waals surface area contributed by atoms with Crippen molar-refractivity contribution in [1.29, 1.82) is 5.26 Å². The van der Waals surface area contributed by atoms with Crippen molar-refractivity contribution in [1.82, 2.24) is 5.32 Å². The molecule has 2 atom stereocenters. The SMILES string of the molecule is CC1CCNC1C(=O)Nc1ccc(C(F)(F)F)cc1C#N. The van der Waals surface area contributed by atoms with Crippen molar-refractivity contribution in [3.63, 3.8) is 0 Å². The molecular formula is C14H14F3N3O. The summed E-state index contributed by atoms with van der Waals surface area (Å²) in [6.45, 7) is 2.64. The van der Waals surface area contributed by atoms with Gasteiger partial charge in [-0.15, -0.1) is 0 Å². The van der Waals surface area contributed by atoms with Gasteiger partial charge in [-0.1, -0.05) is 6.92 Å². The van der Waals surface area contributed by atoms with E-state index in [0.717, 1.165) is 31.2 Å². The van der Waals surface area contributed by atoms with Gasteiger partial charge in [0.15, 0.2) is 0 Å². The number of carbonyl (C=O) groups is 1. The molecule has 112 valence electrons. The van der Waals surface area contributed by atoms with Crippen LogP contribution in [0.25, 0.3) is 0 Å². The maximum atomic E-state index is 12.6. The van der Waals surface area contributed by atoms with Crippen LogP contribution in [-0.4, -0.2) is 18.5 Å². The van der Waals surface area contributed by atoms with Gasteiger partial charge in [0.1, 0.15) is 6.07 Å². The summed E-state index contributed by atoms with van der Waals surface area (Å²) >= 11 is 0. The second-order valence-electron chi connectivity index (χ2n) is 5.06. The minimum atomic E-state index is -4.52. The van der Waals surface area contributed by atoms with Crippen LogP contribution in [0.3, 0.4) is 0 Å². The van der Waals surface area contributed by atoms with Crippen molar-refractivity contribution >= 4 is 11.6 Å². The van der Waals surface area contributed by atoms with E-state index >= 15 is 0 Å². The van der Waals surface area contributed by atoms with Crippen LogP contribution in [0.1, 0.15) is 24.5 Å². The lowest BCUT2D eigenvalue weighted by molar-refractivity contribution is -0.137. The number of carbonyl (C=O) groups excluding carboxylic acids is 1. The number of rotatable bonds is 2. The van der Waals surface area contributed by atoms with Crippen LogP contribution < -0.4 is 10.6 Å². The predicted molar refractivity (Wildman–Crippen MR) is 70.4 cm³/mol. The average Bonchev–Trinajstić information content (AvgIpc) is 2.84. The number of nitriles is 1. The van der Waals surface area contributed by atoms with Crippen molar-refractivity contribution in [3.8, 4) is 6.07 Å². The van der Waals surface area contributed by atoms with E-state index < -0.39 is 11.7 Å². The molecule has 1 fully saturated rings. The number of benzene rings is 1. The lowest BCUT2D eigenvalue weighted by Gasteiger charge is -2.16. The molecule has 1 saturated heterocycles. The van der Waals surface area contributed by atoms with Gasteiger partial charge < -0.3 is 10.6 Å². The summed E-state index contributed by atoms with van der Waals surface area (Å²) in [5.74, 6) is -0.193. The lowest BCUT2D eigenvalue weighted by atomic mass is 10.0. The van der Waals surface area contributed by atoms with Crippen molar-refractivity contribution in [2.75, 3.05) is 11.9 Å². The minimum Gasteiger partial charge on any atom is -0.324 e. The summed E-state index contributed by atoms with van der Waals surface area (Å²) in [4.78, 5) is 12.1. The van der Waals surface area contributed by atoms with Crippen LogP contribution in [0.5, 0.6) is 0 Å². The molecule has 2 N–H and O–H groups in total. The Bertz CT molecular complexity index is 592. The number of amides is 1. The molecule has 1 amide bonds. The summed E-state index contributed by atoms with van der Waals surface area (Å²) in [5.41, 5.74) is -1.02. The highest BCUT2D eigenvalue weighted by molar-refractivity contribution is 5.96. The molecule has 2 unspecified atom stereocenters. The first kappa shape index (κ1) is 15.3. The van der Waals surface area contributed by atoms with Gasteiger partial charge in [0.05, 0.1) is 22.9 Å². The van der Waals surface area contributed by atoms with Gasteiger partial charge in [-0.3, -0.25) is 4.79 Å². The molecule has 1 aromatic rings. The molecule has 1 aliphatic rings. The predicted octanol–water partition coefficient (Wildman–Crippen LogP) is 2.51. The van der Waals surface area contributed by atoms with Gasteiger partial charge in [-0.25, -0.2) is 0 Å². The normalized spacial score (nSPS) is 21.9. The Balaban J connectivity index is 2.21. The summed E-state index contributed by atoms with van der Waals surface area (Å²) in [5, 5.41) is 14.5. The third kappa shape index (κ3) is 3.34. The van der Waals surface area contributed by atoms with E-state index in [1.165, 1.54) is 0 Å². The lowest BCUT2D eigenvalue weighted by Crippen LogP contribution is -2.39. The molecule has 7 heteroatoms. The Hall–Kier alpha value is -2.07. The topological polar surface area (TPSA) is 64.9 Å². The number of alkyl halides is 3. The molecule has 2 rings (SSSR count). The second-order valence-corrected chi connectivity index (χ2v) is 5.06. The van der Waals surface area contributed by atoms with Gasteiger partial charge in [0, 0.05) is 0 Å². The highest BCUT2D eigenvalue weighted by Crippen LogP contribution is 2.31. The van der Waals surface area contributed by atoms with E-state index in [0.29, 0.717) is 0 Å². The summed E-state index contributed by atoms with van der Waals surface area (Å²) < 4.78 is 37.8. The monoisotopic (exact) mass is 297 g/mol. The van der Waals surface area contributed by atoms with E-state index in [4.69, 9.17) is 5.26 Å². The molecular weight excluding hydrogens is 283 g/mol. The van der Waals surface area contributed by atoms with Crippen LogP contribution in [-0.2, 0) is 11.0 Å². The Labute approximate surface area is 119 Å². The quantitative estimate of drug-likeness (QED) is 0.881. The zero-order valence-electron chi connectivity index (χ0n) is 11.3. The highest BCUT2D eigenvalue weighted by Gasteiger charge is 2.32. The van der Waals surface area contributed by atoms with E-state index in [2.05, 4.69) is 10.6 Å². The van der Waals surface area contributed by atoms with Crippen LogP contribution in [0, 0.1) is 17.2 Å². The van der Waals surface area contributed by atoms with Crippen molar-refractivity contribution in [2.24, 2.45) is 5.92 Å². The van der Waals surface area contributed by atoms with Gasteiger partial charge in [-0.05, 0) is 37.1 Å². The van der Waals surface area contributed by atoms with Crippen molar-refractivity contribution in [2.45, 2.75) is 25.6 Å². The smallest absolute Gasteiger partial charge is 0.324 e. The first-order valence-corrected chi connectivity index (χ1v) is 6.48. The molecule has 1 aliphatic heterocycles. The first-order chi connectivity index (χ1) is 9.82. The van der Waals surface area contributed by atoms with Crippen LogP contribution in [0.4, 0.5) is 18.9 Å². The fraction of sp³-hybridized carbons (Fsp3) is 0.429. The average molecular weight is 297 g/mol. The Morgan fingerprint density at radius 2 is 2.19 bits per heavy atom. The molecule has 1 aromatic carbocycles. The van der Waals surface area contributed by atoms with Gasteiger partial charge in [-0.2, -0.15) is 18.4 Å². The van der Waals surface area contributed by atoms with Gasteiger partial charge >= 0.3 is 6.18 Å². The van der Waals surface area contributed by atoms with E-state index in [1.807, 2.05) is 6.92 Å². The van der Waals surface area contributed by atoms with Gasteiger partial charge in [0.25, 0.3) is 0 Å². The van der Waals surface area contributed by atoms with E-state index in [9.17, 15) is 18.0 Å². The molecule has 0 spiro atoms. The van der Waals surface area contributed by atoms with E-state index in [-0.39, 0.29) is 29.1 Å². The van der Waals surface area contributed by atoms with Crippen molar-refractivity contribution < 1.29 is 18.0 Å². The molecule has 4 nitrogen and oxygen atoms in total. The number of hydrogen-bond donors (Lipinski definition) is 2. The zero-order valence-corrected chi connectivity index (χ0v) is 11.3. The number of nitrogens with one attached hydrogen (secondary N) is 2. The molecule has 21 heavy (non-hydrogen) atoms. The standard InChI is InChI=1S/C14H14F3N3O/c1-8-4-5-19-12(8)13(21)20-11-3-2-10(14(15,16)17)6-9(11)7-18/h2-3,6,8,12,19H,4-5H2,1H3,(H,20,21). The first-order valence-electron chi connectivity index (χ1n) is 6.48. The molecule has 0 bridgehead atoms. The Morgan fingerprint density at radius 1 is 1.48 bits per heavy atom. The Morgan fingerprint density at radius 3 is 2.71 bits per heavy atom. The van der Waals surface area contributed by atoms with Crippen molar-refractivity contribution in [3.05, 3.63) is 29.3 Å². The fourth-order valence-electron chi connectivity index (χ4n) is 2.32. The number of nitrogens with zero attached hydrogens (tertiary/aromatic N) is 1.